The van der Waals surface area contributed by atoms with Gasteiger partial charge in [0.05, 0.1) is 12.7 Å². The Balaban J connectivity index is 1.79. The highest BCUT2D eigenvalue weighted by Gasteiger charge is 2.16. The molecule has 1 aromatic carbocycles. The van der Waals surface area contributed by atoms with Gasteiger partial charge in [0, 0.05) is 24.8 Å². The summed E-state index contributed by atoms with van der Waals surface area (Å²) in [4.78, 5) is 35.3. The predicted octanol–water partition coefficient (Wildman–Crippen LogP) is 3.20. The number of aryl methyl sites for hydroxylation is 1. The van der Waals surface area contributed by atoms with Crippen LogP contribution < -0.4 is 10.2 Å². The molecular weight excluding hydrogens is 344 g/mol. The van der Waals surface area contributed by atoms with E-state index in [1.807, 2.05) is 0 Å². The number of esters is 1. The van der Waals surface area contributed by atoms with Gasteiger partial charge in [0.1, 0.15) is 17.3 Å². The van der Waals surface area contributed by atoms with Crippen molar-refractivity contribution in [3.05, 3.63) is 47.4 Å². The van der Waals surface area contributed by atoms with Crippen LogP contribution in [0.25, 0.3) is 0 Å². The summed E-state index contributed by atoms with van der Waals surface area (Å²) >= 11 is 0. The summed E-state index contributed by atoms with van der Waals surface area (Å²) in [7, 11) is 1.32. The molecule has 0 saturated carbocycles. The third-order valence-electron chi connectivity index (χ3n) is 4.53. The van der Waals surface area contributed by atoms with E-state index in [1.165, 1.54) is 20.0 Å². The Hall–Kier alpha value is -2.96. The lowest BCUT2D eigenvalue weighted by Crippen LogP contribution is -2.26. The fourth-order valence-corrected chi connectivity index (χ4v) is 3.17. The van der Waals surface area contributed by atoms with Crippen LogP contribution in [0.5, 0.6) is 0 Å². The summed E-state index contributed by atoms with van der Waals surface area (Å²) in [5.74, 6) is 0.564. The predicted molar refractivity (Wildman–Crippen MR) is 103 cm³/mol. The van der Waals surface area contributed by atoms with Gasteiger partial charge in [-0.25, -0.2) is 14.8 Å². The quantitative estimate of drug-likeness (QED) is 0.834. The molecule has 27 heavy (non-hydrogen) atoms. The Bertz CT molecular complexity index is 830. The third kappa shape index (κ3) is 4.81. The molecule has 2 heterocycles. The molecule has 3 rings (SSSR count). The van der Waals surface area contributed by atoms with Gasteiger partial charge in [-0.3, -0.25) is 4.79 Å². The maximum Gasteiger partial charge on any atom is 0.337 e. The van der Waals surface area contributed by atoms with Crippen LogP contribution in [-0.2, 0) is 4.74 Å². The van der Waals surface area contributed by atoms with Crippen LogP contribution in [0.3, 0.4) is 0 Å². The number of aromatic nitrogens is 2. The molecule has 2 aromatic rings. The topological polar surface area (TPSA) is 84.4 Å². The molecule has 0 atom stereocenters. The lowest BCUT2D eigenvalue weighted by atomic mass is 10.2. The highest BCUT2D eigenvalue weighted by molar-refractivity contribution is 6.04. The maximum atomic E-state index is 12.7. The normalized spacial score (nSPS) is 14.4. The standard InChI is InChI=1S/C20H24N4O3/c1-14-21-17(13-18(22-14)24-10-5-3-4-6-11-24)19(25)23-16-9-7-8-15(12-16)20(26)27-2/h7-9,12-13H,3-6,10-11H2,1-2H3,(H,23,25). The number of carbonyl (C=O) groups excluding carboxylic acids is 2. The van der Waals surface area contributed by atoms with Gasteiger partial charge in [0.2, 0.25) is 0 Å². The van der Waals surface area contributed by atoms with E-state index in [1.54, 1.807) is 37.3 Å². The van der Waals surface area contributed by atoms with E-state index < -0.39 is 5.97 Å². The molecule has 7 heteroatoms. The SMILES string of the molecule is COC(=O)c1cccc(NC(=O)c2cc(N3CCCCCC3)nc(C)n2)c1. The smallest absolute Gasteiger partial charge is 0.337 e. The first-order valence-corrected chi connectivity index (χ1v) is 9.17. The first-order chi connectivity index (χ1) is 13.1. The molecule has 0 radical (unpaired) electrons. The first-order valence-electron chi connectivity index (χ1n) is 9.17. The molecule has 0 bridgehead atoms. The number of nitrogens with zero attached hydrogens (tertiary/aromatic N) is 3. The minimum absolute atomic E-state index is 0.310. The fourth-order valence-electron chi connectivity index (χ4n) is 3.17. The van der Waals surface area contributed by atoms with E-state index in [-0.39, 0.29) is 5.91 Å². The minimum atomic E-state index is -0.451. The van der Waals surface area contributed by atoms with Crippen LogP contribution in [-0.4, -0.2) is 42.0 Å². The van der Waals surface area contributed by atoms with Crippen molar-refractivity contribution in [3.63, 3.8) is 0 Å². The van der Waals surface area contributed by atoms with E-state index in [4.69, 9.17) is 4.74 Å². The summed E-state index contributed by atoms with van der Waals surface area (Å²) in [5.41, 5.74) is 1.19. The Morgan fingerprint density at radius 1 is 1.07 bits per heavy atom. The van der Waals surface area contributed by atoms with Gasteiger partial charge < -0.3 is 15.0 Å². The van der Waals surface area contributed by atoms with Crippen LogP contribution >= 0.6 is 0 Å². The lowest BCUT2D eigenvalue weighted by Gasteiger charge is -2.22. The second kappa shape index (κ2) is 8.62. The monoisotopic (exact) mass is 368 g/mol. The highest BCUT2D eigenvalue weighted by atomic mass is 16.5. The molecule has 142 valence electrons. The molecule has 7 nitrogen and oxygen atoms in total. The lowest BCUT2D eigenvalue weighted by molar-refractivity contribution is 0.0600. The second-order valence-corrected chi connectivity index (χ2v) is 6.59. The number of hydrogen-bond donors (Lipinski definition) is 1. The Morgan fingerprint density at radius 3 is 2.52 bits per heavy atom. The van der Waals surface area contributed by atoms with Gasteiger partial charge in [-0.2, -0.15) is 0 Å². The van der Waals surface area contributed by atoms with Crippen molar-refractivity contribution < 1.29 is 14.3 Å². The summed E-state index contributed by atoms with van der Waals surface area (Å²) < 4.78 is 4.71. The highest BCUT2D eigenvalue weighted by Crippen LogP contribution is 2.19. The van der Waals surface area contributed by atoms with E-state index >= 15 is 0 Å². The van der Waals surface area contributed by atoms with E-state index in [0.29, 0.717) is 22.8 Å². The molecule has 1 amide bonds. The van der Waals surface area contributed by atoms with Crippen molar-refractivity contribution in [1.82, 2.24) is 9.97 Å². The molecule has 1 N–H and O–H groups in total. The van der Waals surface area contributed by atoms with Gasteiger partial charge in [-0.05, 0) is 38.0 Å². The zero-order chi connectivity index (χ0) is 19.2. The summed E-state index contributed by atoms with van der Waals surface area (Å²) in [5, 5.41) is 2.79. The Labute approximate surface area is 158 Å². The van der Waals surface area contributed by atoms with Crippen molar-refractivity contribution >= 4 is 23.4 Å². The molecule has 0 spiro atoms. The van der Waals surface area contributed by atoms with E-state index in [2.05, 4.69) is 20.2 Å². The number of methoxy groups -OCH3 is 1. The zero-order valence-electron chi connectivity index (χ0n) is 15.7. The van der Waals surface area contributed by atoms with Gasteiger partial charge in [-0.1, -0.05) is 18.9 Å². The number of nitrogens with one attached hydrogen (secondary N) is 1. The summed E-state index contributed by atoms with van der Waals surface area (Å²) in [6.45, 7) is 3.67. The van der Waals surface area contributed by atoms with Crippen molar-refractivity contribution in [2.45, 2.75) is 32.6 Å². The molecule has 0 aliphatic carbocycles. The number of anilines is 2. The van der Waals surface area contributed by atoms with E-state index in [0.717, 1.165) is 31.7 Å². The van der Waals surface area contributed by atoms with Crippen molar-refractivity contribution in [2.75, 3.05) is 30.4 Å². The molecule has 1 saturated heterocycles. The average molecular weight is 368 g/mol. The van der Waals surface area contributed by atoms with Gasteiger partial charge >= 0.3 is 5.97 Å². The average Bonchev–Trinajstić information content (AvgIpc) is 2.96. The largest absolute Gasteiger partial charge is 0.465 e. The summed E-state index contributed by atoms with van der Waals surface area (Å²) in [6, 6.07) is 8.35. The third-order valence-corrected chi connectivity index (χ3v) is 4.53. The Kier molecular flexibility index (Phi) is 6.01. The Morgan fingerprint density at radius 2 is 1.81 bits per heavy atom. The van der Waals surface area contributed by atoms with Gasteiger partial charge in [-0.15, -0.1) is 0 Å². The number of benzene rings is 1. The van der Waals surface area contributed by atoms with Gasteiger partial charge in [0.25, 0.3) is 5.91 Å². The maximum absolute atomic E-state index is 12.7. The number of rotatable bonds is 4. The van der Waals surface area contributed by atoms with Crippen LogP contribution in [0.2, 0.25) is 0 Å². The molecule has 0 unspecified atom stereocenters. The fraction of sp³-hybridized carbons (Fsp3) is 0.400. The molecule has 1 fully saturated rings. The van der Waals surface area contributed by atoms with Crippen LogP contribution in [0, 0.1) is 6.92 Å². The van der Waals surface area contributed by atoms with Gasteiger partial charge in [0.15, 0.2) is 0 Å². The summed E-state index contributed by atoms with van der Waals surface area (Å²) in [6.07, 6.45) is 4.71. The number of carbonyl (C=O) groups is 2. The number of hydrogen-bond acceptors (Lipinski definition) is 6. The number of ether oxygens (including phenoxy) is 1. The molecule has 1 aliphatic heterocycles. The number of amides is 1. The molecule has 1 aliphatic rings. The van der Waals surface area contributed by atoms with Crippen molar-refractivity contribution in [2.24, 2.45) is 0 Å². The van der Waals surface area contributed by atoms with Crippen LogP contribution in [0.1, 0.15) is 52.4 Å². The second-order valence-electron chi connectivity index (χ2n) is 6.59. The first kappa shape index (κ1) is 18.8. The molecule has 1 aromatic heterocycles. The van der Waals surface area contributed by atoms with E-state index in [9.17, 15) is 9.59 Å². The van der Waals surface area contributed by atoms with Crippen molar-refractivity contribution in [3.8, 4) is 0 Å². The van der Waals surface area contributed by atoms with Crippen LogP contribution in [0.15, 0.2) is 30.3 Å². The van der Waals surface area contributed by atoms with Crippen LogP contribution in [0.4, 0.5) is 11.5 Å². The van der Waals surface area contributed by atoms with Crippen molar-refractivity contribution in [1.29, 1.82) is 0 Å². The molecular formula is C20H24N4O3. The minimum Gasteiger partial charge on any atom is -0.465 e. The zero-order valence-corrected chi connectivity index (χ0v) is 15.7.